The zero-order chi connectivity index (χ0) is 13.0. The minimum absolute atomic E-state index is 0.218. The smallest absolute Gasteiger partial charge is 0.291 e. The van der Waals surface area contributed by atoms with E-state index in [1.807, 2.05) is 0 Å². The van der Waals surface area contributed by atoms with Crippen molar-refractivity contribution < 1.29 is 13.9 Å². The molecule has 1 aromatic rings. The fourth-order valence-corrected chi connectivity index (χ4v) is 1.85. The molecule has 17 heavy (non-hydrogen) atoms. The van der Waals surface area contributed by atoms with E-state index in [1.165, 1.54) is 4.90 Å². The molecule has 1 atom stereocenters. The standard InChI is InChI=1S/C11H17ClN2O3/c1-7-10(17-8(2)13-7)11(15)14(3)5-9(12)6-16-4/h9H,5-6H2,1-4H3. The van der Waals surface area contributed by atoms with Gasteiger partial charge in [-0.1, -0.05) is 0 Å². The van der Waals surface area contributed by atoms with Gasteiger partial charge in [0.2, 0.25) is 5.76 Å². The van der Waals surface area contributed by atoms with E-state index in [0.717, 1.165) is 0 Å². The zero-order valence-electron chi connectivity index (χ0n) is 10.5. The molecular weight excluding hydrogens is 244 g/mol. The normalized spacial score (nSPS) is 12.5. The Morgan fingerprint density at radius 1 is 1.59 bits per heavy atom. The van der Waals surface area contributed by atoms with Gasteiger partial charge in [0, 0.05) is 27.6 Å². The fourth-order valence-electron chi connectivity index (χ4n) is 1.52. The Hall–Kier alpha value is -1.07. The van der Waals surface area contributed by atoms with E-state index >= 15 is 0 Å². The van der Waals surface area contributed by atoms with Crippen molar-refractivity contribution in [3.63, 3.8) is 0 Å². The van der Waals surface area contributed by atoms with Gasteiger partial charge in [-0.05, 0) is 6.92 Å². The average molecular weight is 261 g/mol. The summed E-state index contributed by atoms with van der Waals surface area (Å²) in [7, 11) is 3.24. The van der Waals surface area contributed by atoms with Crippen LogP contribution < -0.4 is 0 Å². The second-order valence-electron chi connectivity index (χ2n) is 3.89. The summed E-state index contributed by atoms with van der Waals surface area (Å²) in [5, 5.41) is -0.238. The Kier molecular flexibility index (Phi) is 4.96. The first-order valence-electron chi connectivity index (χ1n) is 5.28. The maximum absolute atomic E-state index is 12.0. The number of hydrogen-bond acceptors (Lipinski definition) is 4. The van der Waals surface area contributed by atoms with Crippen LogP contribution in [0.1, 0.15) is 22.1 Å². The molecule has 1 unspecified atom stereocenters. The number of ether oxygens (including phenoxy) is 1. The number of methoxy groups -OCH3 is 1. The number of rotatable bonds is 5. The molecule has 6 heteroatoms. The molecule has 1 amide bonds. The number of carbonyl (C=O) groups is 1. The fraction of sp³-hybridized carbons (Fsp3) is 0.636. The highest BCUT2D eigenvalue weighted by Crippen LogP contribution is 2.12. The van der Waals surface area contributed by atoms with Crippen LogP contribution >= 0.6 is 11.6 Å². The van der Waals surface area contributed by atoms with Crippen molar-refractivity contribution in [1.82, 2.24) is 9.88 Å². The van der Waals surface area contributed by atoms with Crippen LogP contribution in [0.25, 0.3) is 0 Å². The predicted octanol–water partition coefficient (Wildman–Crippen LogP) is 1.62. The summed E-state index contributed by atoms with van der Waals surface area (Å²) in [5.74, 6) is 0.537. The number of halogens is 1. The summed E-state index contributed by atoms with van der Waals surface area (Å²) in [6.07, 6.45) is 0. The van der Waals surface area contributed by atoms with E-state index in [9.17, 15) is 4.79 Å². The lowest BCUT2D eigenvalue weighted by Gasteiger charge is -2.18. The topological polar surface area (TPSA) is 55.6 Å². The lowest BCUT2D eigenvalue weighted by Crippen LogP contribution is -2.34. The van der Waals surface area contributed by atoms with Crippen molar-refractivity contribution in [3.05, 3.63) is 17.3 Å². The summed E-state index contributed by atoms with van der Waals surface area (Å²) in [6, 6.07) is 0. The SMILES string of the molecule is COCC(Cl)CN(C)C(=O)c1oc(C)nc1C. The van der Waals surface area contributed by atoms with Crippen molar-refractivity contribution in [2.24, 2.45) is 0 Å². The average Bonchev–Trinajstić information content (AvgIpc) is 2.56. The van der Waals surface area contributed by atoms with E-state index in [1.54, 1.807) is 28.0 Å². The highest BCUT2D eigenvalue weighted by Gasteiger charge is 2.21. The maximum atomic E-state index is 12.0. The van der Waals surface area contributed by atoms with Gasteiger partial charge in [0.25, 0.3) is 5.91 Å². The second-order valence-corrected chi connectivity index (χ2v) is 4.50. The molecule has 0 saturated heterocycles. The number of hydrogen-bond donors (Lipinski definition) is 0. The van der Waals surface area contributed by atoms with E-state index in [2.05, 4.69) is 4.98 Å². The summed E-state index contributed by atoms with van der Waals surface area (Å²) in [4.78, 5) is 17.6. The van der Waals surface area contributed by atoms with Gasteiger partial charge in [0.1, 0.15) is 0 Å². The molecule has 0 fully saturated rings. The first-order chi connectivity index (χ1) is 7.95. The van der Waals surface area contributed by atoms with E-state index in [-0.39, 0.29) is 17.0 Å². The molecule has 0 radical (unpaired) electrons. The Bertz CT molecular complexity index is 392. The molecule has 0 aromatic carbocycles. The van der Waals surface area contributed by atoms with Gasteiger partial charge in [-0.3, -0.25) is 4.79 Å². The molecule has 0 aliphatic rings. The third kappa shape index (κ3) is 3.71. The van der Waals surface area contributed by atoms with E-state index < -0.39 is 0 Å². The van der Waals surface area contributed by atoms with E-state index in [4.69, 9.17) is 20.8 Å². The molecule has 96 valence electrons. The van der Waals surface area contributed by atoms with Gasteiger partial charge >= 0.3 is 0 Å². The molecule has 0 aliphatic carbocycles. The quantitative estimate of drug-likeness (QED) is 0.755. The van der Waals surface area contributed by atoms with Crippen LogP contribution in [0.2, 0.25) is 0 Å². The highest BCUT2D eigenvalue weighted by molar-refractivity contribution is 6.21. The van der Waals surface area contributed by atoms with Gasteiger partial charge in [-0.2, -0.15) is 0 Å². The Balaban J connectivity index is 2.66. The first-order valence-corrected chi connectivity index (χ1v) is 5.71. The van der Waals surface area contributed by atoms with Crippen LogP contribution in [-0.2, 0) is 4.74 Å². The van der Waals surface area contributed by atoms with Crippen molar-refractivity contribution in [2.45, 2.75) is 19.2 Å². The van der Waals surface area contributed by atoms with Crippen LogP contribution in [0.3, 0.4) is 0 Å². The van der Waals surface area contributed by atoms with Gasteiger partial charge in [-0.15, -0.1) is 11.6 Å². The third-order valence-corrected chi connectivity index (χ3v) is 2.53. The van der Waals surface area contributed by atoms with Gasteiger partial charge in [-0.25, -0.2) is 4.98 Å². The molecular formula is C11H17ClN2O3. The molecule has 1 rings (SSSR count). The van der Waals surface area contributed by atoms with Crippen molar-refractivity contribution in [2.75, 3.05) is 27.3 Å². The molecule has 0 bridgehead atoms. The van der Waals surface area contributed by atoms with Crippen LogP contribution in [0.15, 0.2) is 4.42 Å². The summed E-state index contributed by atoms with van der Waals surface area (Å²) in [5.41, 5.74) is 0.595. The van der Waals surface area contributed by atoms with Gasteiger partial charge in [0.05, 0.1) is 17.7 Å². The number of carbonyl (C=O) groups excluding carboxylic acids is 1. The predicted molar refractivity (Wildman–Crippen MR) is 64.5 cm³/mol. The molecule has 1 heterocycles. The van der Waals surface area contributed by atoms with Crippen LogP contribution in [-0.4, -0.2) is 48.5 Å². The van der Waals surface area contributed by atoms with E-state index in [0.29, 0.717) is 24.7 Å². The molecule has 0 spiro atoms. The maximum Gasteiger partial charge on any atom is 0.291 e. The van der Waals surface area contributed by atoms with Gasteiger partial charge < -0.3 is 14.1 Å². The number of aryl methyl sites for hydroxylation is 2. The summed E-state index contributed by atoms with van der Waals surface area (Å²) in [6.45, 7) is 4.24. The molecule has 5 nitrogen and oxygen atoms in total. The number of alkyl halides is 1. The third-order valence-electron chi connectivity index (χ3n) is 2.26. The first kappa shape index (κ1) is 14.0. The number of aromatic nitrogens is 1. The monoisotopic (exact) mass is 260 g/mol. The van der Waals surface area contributed by atoms with Crippen LogP contribution in [0, 0.1) is 13.8 Å². The zero-order valence-corrected chi connectivity index (χ0v) is 11.2. The summed E-state index contributed by atoms with van der Waals surface area (Å²) >= 11 is 5.99. The minimum atomic E-state index is -0.238. The molecule has 0 saturated carbocycles. The van der Waals surface area contributed by atoms with Gasteiger partial charge in [0.15, 0.2) is 5.89 Å². The minimum Gasteiger partial charge on any atom is -0.436 e. The second kappa shape index (κ2) is 6.02. The highest BCUT2D eigenvalue weighted by atomic mass is 35.5. The van der Waals surface area contributed by atoms with Crippen LogP contribution in [0.5, 0.6) is 0 Å². The number of amides is 1. The lowest BCUT2D eigenvalue weighted by molar-refractivity contribution is 0.0748. The molecule has 0 N–H and O–H groups in total. The number of nitrogens with zero attached hydrogens (tertiary/aromatic N) is 2. The Morgan fingerprint density at radius 2 is 2.24 bits per heavy atom. The number of oxazole rings is 1. The Morgan fingerprint density at radius 3 is 2.71 bits per heavy atom. The van der Waals surface area contributed by atoms with Crippen molar-refractivity contribution >= 4 is 17.5 Å². The molecule has 1 aromatic heterocycles. The van der Waals surface area contributed by atoms with Crippen molar-refractivity contribution in [1.29, 1.82) is 0 Å². The van der Waals surface area contributed by atoms with Crippen molar-refractivity contribution in [3.8, 4) is 0 Å². The Labute approximate surface area is 106 Å². The largest absolute Gasteiger partial charge is 0.436 e. The lowest BCUT2D eigenvalue weighted by atomic mass is 10.3. The van der Waals surface area contributed by atoms with Crippen LogP contribution in [0.4, 0.5) is 0 Å². The summed E-state index contributed by atoms with van der Waals surface area (Å²) < 4.78 is 10.2. The molecule has 0 aliphatic heterocycles.